The third-order valence-electron chi connectivity index (χ3n) is 9.31. The van der Waals surface area contributed by atoms with Gasteiger partial charge in [-0.1, -0.05) is 65.8 Å². The molecular formula is C41H57N7O13. The van der Waals surface area contributed by atoms with Crippen molar-refractivity contribution >= 4 is 53.4 Å². The van der Waals surface area contributed by atoms with Crippen LogP contribution in [0, 0.1) is 17.8 Å². The molecule has 0 fully saturated rings. The van der Waals surface area contributed by atoms with Crippen LogP contribution in [0.15, 0.2) is 48.5 Å². The second-order valence-electron chi connectivity index (χ2n) is 15.7. The number of hydrogen-bond acceptors (Lipinski definition) is 11. The van der Waals surface area contributed by atoms with Crippen LogP contribution in [-0.2, 0) is 51.3 Å². The number of carbonyl (C=O) groups is 9. The van der Waals surface area contributed by atoms with Gasteiger partial charge in [-0.25, -0.2) is 9.59 Å². The largest absolute Gasteiger partial charge is 0.508 e. The molecule has 0 aliphatic heterocycles. The van der Waals surface area contributed by atoms with Crippen LogP contribution >= 0.6 is 0 Å². The van der Waals surface area contributed by atoms with Gasteiger partial charge < -0.3 is 58.1 Å². The lowest BCUT2D eigenvalue weighted by molar-refractivity contribution is -0.144. The first-order valence-electron chi connectivity index (χ1n) is 19.6. The average Bonchev–Trinajstić information content (AvgIpc) is 3.16. The minimum Gasteiger partial charge on any atom is -0.508 e. The fourth-order valence-corrected chi connectivity index (χ4v) is 5.99. The zero-order valence-electron chi connectivity index (χ0n) is 34.9. The lowest BCUT2D eigenvalue weighted by atomic mass is 9.98. The summed E-state index contributed by atoms with van der Waals surface area (Å²) in [4.78, 5) is 115. The van der Waals surface area contributed by atoms with Crippen molar-refractivity contribution in [2.45, 2.75) is 110 Å². The molecule has 0 aliphatic carbocycles. The van der Waals surface area contributed by atoms with Gasteiger partial charge in [-0.3, -0.25) is 33.6 Å². The number of primary amides is 1. The summed E-state index contributed by atoms with van der Waals surface area (Å²) in [6.07, 6.45) is -1.70. The highest BCUT2D eigenvalue weighted by Crippen LogP contribution is 2.14. The fraction of sp³-hybridized carbons (Fsp3) is 0.488. The zero-order valence-corrected chi connectivity index (χ0v) is 34.9. The van der Waals surface area contributed by atoms with Gasteiger partial charge >= 0.3 is 17.9 Å². The Hall–Kier alpha value is -6.57. The standard InChI is InChI=1S/C41H57N7O13/c1-20(2)15-30(41(60)61)46-37(55)29(18-32(51)52)44-36(54)28(17-31(42)50)45-38(56)33(21(3)4)48-39(57)34(22(5)6)47-35(53)27(16-23-9-13-26(49)14-10-23)43-19-24-7-11-25(12-8-24)40(58)59/h7-14,20-22,27-30,33-34,43,49H,15-19H2,1-6H3,(H2,42,50)(H,44,54)(H,45,56)(H,46,55)(H,47,53)(H,48,57)(H,51,52)(H,58,59)(H,60,61)/t27-,28-,29-,30-,33-,34-/m0/s1. The van der Waals surface area contributed by atoms with Crippen molar-refractivity contribution in [2.75, 3.05) is 0 Å². The number of carboxylic acid groups (broad SMARTS) is 3. The van der Waals surface area contributed by atoms with E-state index in [4.69, 9.17) is 5.73 Å². The SMILES string of the molecule is CC(C)C[C@H](NC(=O)[C@H](CC(=O)O)NC(=O)[C@H](CC(N)=O)NC(=O)[C@@H](NC(=O)[C@@H](NC(=O)[C@H](Cc1ccc(O)cc1)NCc1ccc(C(=O)O)cc1)C(C)C)C(C)C)C(=O)O. The van der Waals surface area contributed by atoms with E-state index in [9.17, 15) is 63.6 Å². The van der Waals surface area contributed by atoms with Gasteiger partial charge in [0, 0.05) is 6.54 Å². The van der Waals surface area contributed by atoms with E-state index in [0.29, 0.717) is 11.1 Å². The number of rotatable bonds is 25. The van der Waals surface area contributed by atoms with Crippen molar-refractivity contribution in [3.8, 4) is 5.75 Å². The Kier molecular flexibility index (Phi) is 19.8. The number of aromatic carboxylic acids is 1. The molecule has 0 radical (unpaired) electrons. The van der Waals surface area contributed by atoms with Crippen LogP contribution in [0.25, 0.3) is 0 Å². The zero-order chi connectivity index (χ0) is 46.1. The van der Waals surface area contributed by atoms with Crippen LogP contribution in [0.5, 0.6) is 5.75 Å². The summed E-state index contributed by atoms with van der Waals surface area (Å²) in [7, 11) is 0. The van der Waals surface area contributed by atoms with Gasteiger partial charge in [0.1, 0.15) is 36.0 Å². The van der Waals surface area contributed by atoms with Crippen LogP contribution in [0.2, 0.25) is 0 Å². The predicted octanol–water partition coefficient (Wildman–Crippen LogP) is 0.00810. The van der Waals surface area contributed by atoms with Crippen LogP contribution in [0.1, 0.15) is 82.3 Å². The molecule has 20 nitrogen and oxygen atoms in total. The van der Waals surface area contributed by atoms with Crippen LogP contribution in [0.4, 0.5) is 0 Å². The molecule has 334 valence electrons. The molecule has 2 aromatic rings. The third-order valence-corrected chi connectivity index (χ3v) is 9.31. The first-order valence-corrected chi connectivity index (χ1v) is 19.6. The number of aromatic hydroxyl groups is 1. The summed E-state index contributed by atoms with van der Waals surface area (Å²) >= 11 is 0. The van der Waals surface area contributed by atoms with Gasteiger partial charge in [0.05, 0.1) is 24.4 Å². The predicted molar refractivity (Wildman–Crippen MR) is 218 cm³/mol. The van der Waals surface area contributed by atoms with E-state index >= 15 is 0 Å². The van der Waals surface area contributed by atoms with E-state index in [1.165, 1.54) is 24.3 Å². The molecule has 20 heteroatoms. The van der Waals surface area contributed by atoms with Gasteiger partial charge in [-0.2, -0.15) is 0 Å². The number of nitrogens with one attached hydrogen (secondary N) is 6. The van der Waals surface area contributed by atoms with E-state index in [-0.39, 0.29) is 36.6 Å². The number of hydrogen-bond donors (Lipinski definition) is 11. The number of phenolic OH excluding ortho intramolecular Hbond substituents is 1. The smallest absolute Gasteiger partial charge is 0.335 e. The number of aliphatic carboxylic acids is 2. The maximum atomic E-state index is 13.9. The highest BCUT2D eigenvalue weighted by atomic mass is 16.4. The molecule has 0 saturated heterocycles. The topological polar surface area (TPSA) is 333 Å². The monoisotopic (exact) mass is 855 g/mol. The molecule has 2 rings (SSSR count). The summed E-state index contributed by atoms with van der Waals surface area (Å²) in [5.74, 6) is -11.2. The van der Waals surface area contributed by atoms with Crippen molar-refractivity contribution in [3.63, 3.8) is 0 Å². The second-order valence-corrected chi connectivity index (χ2v) is 15.7. The second kappa shape index (κ2) is 23.9. The Balaban J connectivity index is 2.30. The fourth-order valence-electron chi connectivity index (χ4n) is 5.99. The number of nitrogens with two attached hydrogens (primary N) is 1. The molecule has 6 atom stereocenters. The normalized spacial score (nSPS) is 14.1. The molecule has 0 aromatic heterocycles. The Bertz CT molecular complexity index is 1880. The maximum Gasteiger partial charge on any atom is 0.335 e. The summed E-state index contributed by atoms with van der Waals surface area (Å²) in [5.41, 5.74) is 6.75. The van der Waals surface area contributed by atoms with E-state index < -0.39 is 114 Å². The quantitative estimate of drug-likeness (QED) is 0.0627. The highest BCUT2D eigenvalue weighted by Gasteiger charge is 2.36. The lowest BCUT2D eigenvalue weighted by Gasteiger charge is -2.29. The molecule has 0 unspecified atom stereocenters. The molecule has 0 heterocycles. The van der Waals surface area contributed by atoms with E-state index in [0.717, 1.165) is 0 Å². The number of phenols is 1. The van der Waals surface area contributed by atoms with Crippen LogP contribution in [-0.4, -0.2) is 110 Å². The van der Waals surface area contributed by atoms with E-state index in [1.807, 2.05) is 0 Å². The minimum absolute atomic E-state index is 0.0102. The van der Waals surface area contributed by atoms with Crippen molar-refractivity contribution in [3.05, 3.63) is 65.2 Å². The number of carbonyl (C=O) groups excluding carboxylic acids is 6. The average molecular weight is 856 g/mol. The molecule has 2 aromatic carbocycles. The van der Waals surface area contributed by atoms with Crippen molar-refractivity contribution in [1.29, 1.82) is 0 Å². The van der Waals surface area contributed by atoms with Gasteiger partial charge in [0.15, 0.2) is 0 Å². The molecular weight excluding hydrogens is 798 g/mol. The van der Waals surface area contributed by atoms with Gasteiger partial charge in [0.2, 0.25) is 35.4 Å². The molecule has 0 bridgehead atoms. The van der Waals surface area contributed by atoms with Crippen LogP contribution in [0.3, 0.4) is 0 Å². The first kappa shape index (κ1) is 50.6. The first-order chi connectivity index (χ1) is 28.5. The van der Waals surface area contributed by atoms with Gasteiger partial charge in [-0.15, -0.1) is 0 Å². The minimum atomic E-state index is -1.83. The Morgan fingerprint density at radius 2 is 1.00 bits per heavy atom. The van der Waals surface area contributed by atoms with Gasteiger partial charge in [-0.05, 0) is 66.0 Å². The van der Waals surface area contributed by atoms with E-state index in [1.54, 1.807) is 65.8 Å². The summed E-state index contributed by atoms with van der Waals surface area (Å²) in [6, 6.07) is 3.58. The third kappa shape index (κ3) is 17.3. The summed E-state index contributed by atoms with van der Waals surface area (Å²) in [6.45, 7) is 9.98. The van der Waals surface area contributed by atoms with Crippen LogP contribution < -0.4 is 37.6 Å². The maximum absolute atomic E-state index is 13.9. The number of carboxylic acids is 3. The number of amides is 6. The van der Waals surface area contributed by atoms with Gasteiger partial charge in [0.25, 0.3) is 0 Å². The molecule has 6 amide bonds. The molecule has 12 N–H and O–H groups in total. The highest BCUT2D eigenvalue weighted by molar-refractivity contribution is 5.98. The molecule has 61 heavy (non-hydrogen) atoms. The summed E-state index contributed by atoms with van der Waals surface area (Å²) < 4.78 is 0. The van der Waals surface area contributed by atoms with Crippen molar-refractivity contribution in [2.24, 2.45) is 23.5 Å². The van der Waals surface area contributed by atoms with E-state index in [2.05, 4.69) is 31.9 Å². The molecule has 0 saturated carbocycles. The van der Waals surface area contributed by atoms with Crippen molar-refractivity contribution < 1.29 is 63.6 Å². The Morgan fingerprint density at radius 3 is 1.46 bits per heavy atom. The molecule has 0 aliphatic rings. The summed E-state index contributed by atoms with van der Waals surface area (Å²) in [5, 5.41) is 53.1. The Morgan fingerprint density at radius 1 is 0.557 bits per heavy atom. The van der Waals surface area contributed by atoms with Crippen molar-refractivity contribution in [1.82, 2.24) is 31.9 Å². The Labute approximate surface area is 352 Å². The molecule has 0 spiro atoms. The lowest BCUT2D eigenvalue weighted by Crippen LogP contribution is -2.61. The number of benzene rings is 2.